The van der Waals surface area contributed by atoms with E-state index in [0.717, 1.165) is 17.7 Å². The summed E-state index contributed by atoms with van der Waals surface area (Å²) in [5, 5.41) is -0.408. The molecule has 0 spiro atoms. The van der Waals surface area contributed by atoms with Crippen LogP contribution < -0.4 is 4.74 Å². The van der Waals surface area contributed by atoms with E-state index in [9.17, 15) is 4.79 Å². The summed E-state index contributed by atoms with van der Waals surface area (Å²) in [4.78, 5) is 10.8. The van der Waals surface area contributed by atoms with Crippen molar-refractivity contribution in [3.63, 3.8) is 0 Å². The molecule has 1 aromatic carbocycles. The minimum absolute atomic E-state index is 0.408. The number of ether oxygens (including phenoxy) is 1. The molecule has 1 heterocycles. The van der Waals surface area contributed by atoms with Crippen LogP contribution in [-0.4, -0.2) is 11.3 Å². The van der Waals surface area contributed by atoms with Crippen LogP contribution in [0.5, 0.6) is 5.75 Å². The van der Waals surface area contributed by atoms with Gasteiger partial charge in [-0.3, -0.25) is 4.79 Å². The highest BCUT2D eigenvalue weighted by atomic mass is 35.5. The van der Waals surface area contributed by atoms with Gasteiger partial charge in [0.25, 0.3) is 5.24 Å². The molecule has 0 saturated heterocycles. The van der Waals surface area contributed by atoms with E-state index in [0.29, 0.717) is 6.42 Å². The Morgan fingerprint density at radius 1 is 1.46 bits per heavy atom. The quantitative estimate of drug-likeness (QED) is 0.644. The average Bonchev–Trinajstić information content (AvgIpc) is 2.17. The molecule has 0 unspecified atom stereocenters. The maximum atomic E-state index is 10.8. The number of rotatable bonds is 1. The van der Waals surface area contributed by atoms with Gasteiger partial charge in [-0.25, -0.2) is 0 Å². The Hall–Kier alpha value is -1.02. The topological polar surface area (TPSA) is 26.3 Å². The second kappa shape index (κ2) is 3.38. The number of hydrogen-bond acceptors (Lipinski definition) is 2. The molecule has 0 saturated carbocycles. The van der Waals surface area contributed by atoms with E-state index in [1.54, 1.807) is 0 Å². The third kappa shape index (κ3) is 1.68. The second-order valence-electron chi connectivity index (χ2n) is 3.06. The number of aryl methyl sites for hydroxylation is 1. The zero-order chi connectivity index (χ0) is 9.26. The monoisotopic (exact) mass is 196 g/mol. The highest BCUT2D eigenvalue weighted by Crippen LogP contribution is 2.27. The van der Waals surface area contributed by atoms with Gasteiger partial charge >= 0.3 is 0 Å². The van der Waals surface area contributed by atoms with Gasteiger partial charge in [-0.1, -0.05) is 18.2 Å². The number of carbonyl (C=O) groups excluding carboxylic acids is 1. The number of para-hydroxylation sites is 1. The molecule has 1 aliphatic heterocycles. The molecule has 1 aliphatic rings. The molecule has 2 rings (SSSR count). The van der Waals surface area contributed by atoms with E-state index in [2.05, 4.69) is 0 Å². The first kappa shape index (κ1) is 8.57. The van der Waals surface area contributed by atoms with E-state index >= 15 is 0 Å². The Bertz CT molecular complexity index is 335. The average molecular weight is 197 g/mol. The Balaban J connectivity index is 2.24. The Morgan fingerprint density at radius 2 is 2.23 bits per heavy atom. The molecule has 0 aromatic heterocycles. The molecule has 0 aliphatic carbocycles. The molecule has 0 fully saturated rings. The van der Waals surface area contributed by atoms with Crippen molar-refractivity contribution >= 4 is 16.8 Å². The first-order chi connectivity index (χ1) is 6.27. The summed E-state index contributed by atoms with van der Waals surface area (Å²) in [5.74, 6) is 0.785. The first-order valence-electron chi connectivity index (χ1n) is 4.21. The third-order valence-corrected chi connectivity index (χ3v) is 2.41. The molecule has 0 N–H and O–H groups in total. The summed E-state index contributed by atoms with van der Waals surface area (Å²) in [6.45, 7) is 0. The fourth-order valence-corrected chi connectivity index (χ4v) is 1.64. The minimum atomic E-state index is -0.462. The number of halogens is 1. The molecular formula is C10H9ClO2. The zero-order valence-electron chi connectivity index (χ0n) is 7.00. The fourth-order valence-electron chi connectivity index (χ4n) is 1.48. The summed E-state index contributed by atoms with van der Waals surface area (Å²) >= 11 is 5.36. The minimum Gasteiger partial charge on any atom is -0.481 e. The molecule has 13 heavy (non-hydrogen) atoms. The largest absolute Gasteiger partial charge is 0.481 e. The summed E-state index contributed by atoms with van der Waals surface area (Å²) in [7, 11) is 0. The van der Waals surface area contributed by atoms with E-state index < -0.39 is 11.3 Å². The van der Waals surface area contributed by atoms with Gasteiger partial charge in [0.15, 0.2) is 6.10 Å². The molecule has 0 amide bonds. The van der Waals surface area contributed by atoms with Crippen LogP contribution in [0.15, 0.2) is 24.3 Å². The number of hydrogen-bond donors (Lipinski definition) is 0. The van der Waals surface area contributed by atoms with E-state index in [-0.39, 0.29) is 0 Å². The van der Waals surface area contributed by atoms with Gasteiger partial charge in [0.1, 0.15) is 5.75 Å². The van der Waals surface area contributed by atoms with Crippen molar-refractivity contribution in [3.8, 4) is 5.75 Å². The lowest BCUT2D eigenvalue weighted by Gasteiger charge is -2.22. The van der Waals surface area contributed by atoms with Gasteiger partial charge in [-0.05, 0) is 36.1 Å². The standard InChI is InChI=1S/C10H9ClO2/c11-10(12)9-6-5-7-3-1-2-4-8(7)13-9/h1-4,9H,5-6H2/t9-/m1/s1. The van der Waals surface area contributed by atoms with Gasteiger partial charge in [0.2, 0.25) is 0 Å². The Kier molecular flexibility index (Phi) is 2.23. The molecule has 3 heteroatoms. The first-order valence-corrected chi connectivity index (χ1v) is 4.59. The Labute approximate surface area is 81.5 Å². The lowest BCUT2D eigenvalue weighted by Crippen LogP contribution is -2.27. The van der Waals surface area contributed by atoms with Crippen molar-refractivity contribution in [2.24, 2.45) is 0 Å². The van der Waals surface area contributed by atoms with Crippen LogP contribution in [0.3, 0.4) is 0 Å². The predicted octanol–water partition coefficient (Wildman–Crippen LogP) is 2.15. The maximum absolute atomic E-state index is 10.8. The van der Waals surface area contributed by atoms with E-state index in [1.807, 2.05) is 24.3 Å². The van der Waals surface area contributed by atoms with Crippen molar-refractivity contribution in [1.29, 1.82) is 0 Å². The Morgan fingerprint density at radius 3 is 3.00 bits per heavy atom. The van der Waals surface area contributed by atoms with E-state index in [4.69, 9.17) is 16.3 Å². The lowest BCUT2D eigenvalue weighted by molar-refractivity contribution is -0.118. The molecule has 2 nitrogen and oxygen atoms in total. The van der Waals surface area contributed by atoms with Gasteiger partial charge in [0.05, 0.1) is 0 Å². The van der Waals surface area contributed by atoms with Crippen LogP contribution in [-0.2, 0) is 11.2 Å². The molecular weight excluding hydrogens is 188 g/mol. The number of carbonyl (C=O) groups is 1. The zero-order valence-corrected chi connectivity index (χ0v) is 7.75. The molecule has 68 valence electrons. The maximum Gasteiger partial charge on any atom is 0.262 e. The van der Waals surface area contributed by atoms with Crippen molar-refractivity contribution in [3.05, 3.63) is 29.8 Å². The summed E-state index contributed by atoms with van der Waals surface area (Å²) in [6, 6.07) is 7.72. The second-order valence-corrected chi connectivity index (χ2v) is 3.43. The van der Waals surface area contributed by atoms with Crippen LogP contribution >= 0.6 is 11.6 Å². The molecule has 0 radical (unpaired) electrons. The smallest absolute Gasteiger partial charge is 0.262 e. The van der Waals surface area contributed by atoms with Crippen LogP contribution in [0.25, 0.3) is 0 Å². The summed E-state index contributed by atoms with van der Waals surface area (Å²) < 4.78 is 5.41. The fraction of sp³-hybridized carbons (Fsp3) is 0.300. The highest BCUT2D eigenvalue weighted by Gasteiger charge is 2.23. The number of fused-ring (bicyclic) bond motifs is 1. The van der Waals surface area contributed by atoms with Crippen molar-refractivity contribution in [2.45, 2.75) is 18.9 Å². The van der Waals surface area contributed by atoms with Crippen LogP contribution in [0.4, 0.5) is 0 Å². The van der Waals surface area contributed by atoms with Crippen LogP contribution in [0.2, 0.25) is 0 Å². The van der Waals surface area contributed by atoms with E-state index in [1.165, 1.54) is 0 Å². The normalized spacial score (nSPS) is 20.2. The SMILES string of the molecule is O=C(Cl)[C@H]1CCc2ccccc2O1. The molecule has 1 aromatic rings. The van der Waals surface area contributed by atoms with Gasteiger partial charge in [-0.15, -0.1) is 0 Å². The van der Waals surface area contributed by atoms with Gasteiger partial charge in [0, 0.05) is 0 Å². The third-order valence-electron chi connectivity index (χ3n) is 2.17. The van der Waals surface area contributed by atoms with Crippen molar-refractivity contribution < 1.29 is 9.53 Å². The molecule has 1 atom stereocenters. The van der Waals surface area contributed by atoms with Crippen molar-refractivity contribution in [1.82, 2.24) is 0 Å². The van der Waals surface area contributed by atoms with Crippen molar-refractivity contribution in [2.75, 3.05) is 0 Å². The van der Waals surface area contributed by atoms with Gasteiger partial charge in [-0.2, -0.15) is 0 Å². The predicted molar refractivity (Wildman–Crippen MR) is 50.0 cm³/mol. The van der Waals surface area contributed by atoms with Crippen LogP contribution in [0, 0.1) is 0 Å². The molecule has 0 bridgehead atoms. The lowest BCUT2D eigenvalue weighted by atomic mass is 10.0. The highest BCUT2D eigenvalue weighted by molar-refractivity contribution is 6.64. The summed E-state index contributed by atoms with van der Waals surface area (Å²) in [6.07, 6.45) is 1.08. The van der Waals surface area contributed by atoms with Gasteiger partial charge < -0.3 is 4.74 Å². The number of benzene rings is 1. The van der Waals surface area contributed by atoms with Crippen LogP contribution in [0.1, 0.15) is 12.0 Å². The summed E-state index contributed by atoms with van der Waals surface area (Å²) in [5.41, 5.74) is 1.15.